The summed E-state index contributed by atoms with van der Waals surface area (Å²) in [6.07, 6.45) is -2.03. The zero-order chi connectivity index (χ0) is 29.9. The zero-order valence-corrected chi connectivity index (χ0v) is 22.4. The van der Waals surface area contributed by atoms with Gasteiger partial charge in [-0.3, -0.25) is 19.0 Å². The molecule has 2 aromatic heterocycles. The quantitative estimate of drug-likeness (QED) is 0.271. The Hall–Kier alpha value is -4.53. The molecule has 41 heavy (non-hydrogen) atoms. The molecule has 1 aliphatic heterocycles. The Labute approximate surface area is 231 Å². The van der Waals surface area contributed by atoms with Crippen molar-refractivity contribution in [2.75, 3.05) is 13.2 Å². The van der Waals surface area contributed by atoms with E-state index >= 15 is 0 Å². The SMILES string of the molecule is CCOC(=O)C(F)(F)c1cccc(-c2ncnc3c2ncn3[C@@H]2O[C@H](COC(C)=O)C(OC(C)=O)C2OC(C)=O)c1. The Balaban J connectivity index is 1.76. The largest absolute Gasteiger partial charge is 0.463 e. The van der Waals surface area contributed by atoms with E-state index in [1.165, 1.54) is 43.2 Å². The third kappa shape index (κ3) is 6.14. The molecule has 13 nitrogen and oxygen atoms in total. The predicted octanol–water partition coefficient (Wildman–Crippen LogP) is 2.47. The molecular weight excluding hydrogens is 550 g/mol. The van der Waals surface area contributed by atoms with Crippen LogP contribution >= 0.6 is 0 Å². The van der Waals surface area contributed by atoms with E-state index in [0.29, 0.717) is 0 Å². The molecule has 0 spiro atoms. The Morgan fingerprint density at radius 3 is 2.34 bits per heavy atom. The van der Waals surface area contributed by atoms with Crippen LogP contribution in [0, 0.1) is 0 Å². The number of imidazole rings is 1. The van der Waals surface area contributed by atoms with E-state index in [0.717, 1.165) is 26.0 Å². The average molecular weight is 577 g/mol. The fraction of sp³-hybridized carbons (Fsp3) is 0.423. The van der Waals surface area contributed by atoms with Gasteiger partial charge >= 0.3 is 29.8 Å². The van der Waals surface area contributed by atoms with Gasteiger partial charge in [-0.25, -0.2) is 19.7 Å². The van der Waals surface area contributed by atoms with Gasteiger partial charge in [-0.2, -0.15) is 8.78 Å². The van der Waals surface area contributed by atoms with Gasteiger partial charge in [-0.05, 0) is 13.0 Å². The first kappa shape index (κ1) is 29.5. The second-order valence-electron chi connectivity index (χ2n) is 8.94. The Bertz CT molecular complexity index is 1480. The van der Waals surface area contributed by atoms with Crippen molar-refractivity contribution in [3.63, 3.8) is 0 Å². The maximum atomic E-state index is 14.7. The van der Waals surface area contributed by atoms with E-state index in [9.17, 15) is 28.0 Å². The van der Waals surface area contributed by atoms with Crippen molar-refractivity contribution in [3.8, 4) is 11.3 Å². The molecule has 218 valence electrons. The van der Waals surface area contributed by atoms with E-state index in [4.69, 9.17) is 18.9 Å². The van der Waals surface area contributed by atoms with Crippen LogP contribution in [-0.4, -0.2) is 74.9 Å². The number of esters is 4. The number of fused-ring (bicyclic) bond motifs is 1. The number of hydrogen-bond donors (Lipinski definition) is 0. The molecule has 0 radical (unpaired) electrons. The van der Waals surface area contributed by atoms with Crippen LogP contribution in [0.2, 0.25) is 0 Å². The van der Waals surface area contributed by atoms with E-state index in [2.05, 4.69) is 19.7 Å². The molecule has 3 aromatic rings. The van der Waals surface area contributed by atoms with Gasteiger partial charge in [-0.1, -0.05) is 18.2 Å². The molecule has 15 heteroatoms. The van der Waals surface area contributed by atoms with Crippen molar-refractivity contribution in [2.45, 2.75) is 58.2 Å². The van der Waals surface area contributed by atoms with Gasteiger partial charge in [-0.15, -0.1) is 0 Å². The monoisotopic (exact) mass is 576 g/mol. The van der Waals surface area contributed by atoms with E-state index in [1.807, 2.05) is 0 Å². The van der Waals surface area contributed by atoms with Gasteiger partial charge in [0.05, 0.1) is 12.9 Å². The predicted molar refractivity (Wildman–Crippen MR) is 133 cm³/mol. The van der Waals surface area contributed by atoms with Gasteiger partial charge < -0.3 is 23.7 Å². The number of alkyl halides is 2. The lowest BCUT2D eigenvalue weighted by Gasteiger charge is -2.23. The highest BCUT2D eigenvalue weighted by Gasteiger charge is 2.51. The fourth-order valence-electron chi connectivity index (χ4n) is 4.37. The summed E-state index contributed by atoms with van der Waals surface area (Å²) in [5.41, 5.74) is 0.0891. The number of hydrogen-bond acceptors (Lipinski definition) is 12. The summed E-state index contributed by atoms with van der Waals surface area (Å²) in [5.74, 6) is -7.59. The van der Waals surface area contributed by atoms with Crippen LogP contribution in [0.3, 0.4) is 0 Å². The number of nitrogens with zero attached hydrogens (tertiary/aromatic N) is 4. The van der Waals surface area contributed by atoms with Crippen molar-refractivity contribution in [1.82, 2.24) is 19.5 Å². The topological polar surface area (TPSA) is 158 Å². The second kappa shape index (κ2) is 11.9. The summed E-state index contributed by atoms with van der Waals surface area (Å²) in [4.78, 5) is 59.9. The molecule has 1 aromatic carbocycles. The molecule has 0 aliphatic carbocycles. The minimum atomic E-state index is -3.91. The summed E-state index contributed by atoms with van der Waals surface area (Å²) >= 11 is 0. The van der Waals surface area contributed by atoms with Crippen LogP contribution in [0.15, 0.2) is 36.9 Å². The molecule has 1 saturated heterocycles. The van der Waals surface area contributed by atoms with Gasteiger partial charge in [0.25, 0.3) is 0 Å². The highest BCUT2D eigenvalue weighted by atomic mass is 19.3. The lowest BCUT2D eigenvalue weighted by atomic mass is 10.0. The molecule has 0 saturated carbocycles. The van der Waals surface area contributed by atoms with Crippen molar-refractivity contribution >= 4 is 35.0 Å². The molecule has 3 heterocycles. The first-order valence-corrected chi connectivity index (χ1v) is 12.4. The maximum Gasteiger partial charge on any atom is 0.381 e. The standard InChI is InChI=1S/C26H26F2N4O9/c1-5-37-25(36)26(27,28)17-8-6-7-16(9-17)19-20-23(30-11-29-19)32(12-31-20)24-22(40-15(4)35)21(39-14(3)34)18(41-24)10-38-13(2)33/h6-9,11-12,18,21-22,24H,5,10H2,1-4H3/t18-,21?,22?,24-/m1/s1. The molecule has 0 N–H and O–H groups in total. The maximum absolute atomic E-state index is 14.7. The normalized spacial score (nSPS) is 20.4. The van der Waals surface area contributed by atoms with Crippen molar-refractivity contribution in [1.29, 1.82) is 0 Å². The number of ether oxygens (including phenoxy) is 5. The van der Waals surface area contributed by atoms with E-state index in [1.54, 1.807) is 0 Å². The van der Waals surface area contributed by atoms with Gasteiger partial charge in [0.1, 0.15) is 30.2 Å². The summed E-state index contributed by atoms with van der Waals surface area (Å²) < 4.78 is 57.3. The summed E-state index contributed by atoms with van der Waals surface area (Å²) in [6.45, 7) is 4.41. The molecular formula is C26H26F2N4O9. The lowest BCUT2D eigenvalue weighted by Crippen LogP contribution is -2.40. The molecule has 4 atom stereocenters. The molecule has 0 amide bonds. The molecule has 2 unspecified atom stereocenters. The molecule has 0 bridgehead atoms. The van der Waals surface area contributed by atoms with Crippen molar-refractivity contribution in [2.24, 2.45) is 0 Å². The molecule has 4 rings (SSSR count). The average Bonchev–Trinajstić information content (AvgIpc) is 3.48. The van der Waals surface area contributed by atoms with Gasteiger partial charge in [0, 0.05) is 31.9 Å². The minimum absolute atomic E-state index is 0.158. The molecule has 1 fully saturated rings. The van der Waals surface area contributed by atoms with Crippen LogP contribution in [0.1, 0.15) is 39.5 Å². The number of rotatable bonds is 9. The highest BCUT2D eigenvalue weighted by molar-refractivity contribution is 5.88. The number of carbonyl (C=O) groups excluding carboxylic acids is 4. The third-order valence-corrected chi connectivity index (χ3v) is 6.00. The first-order valence-electron chi connectivity index (χ1n) is 12.4. The van der Waals surface area contributed by atoms with Gasteiger partial charge in [0.15, 0.2) is 24.1 Å². The van der Waals surface area contributed by atoms with Crippen LogP contribution in [0.25, 0.3) is 22.4 Å². The van der Waals surface area contributed by atoms with E-state index < -0.39 is 59.9 Å². The Morgan fingerprint density at radius 1 is 0.976 bits per heavy atom. The second-order valence-corrected chi connectivity index (χ2v) is 8.94. The fourth-order valence-corrected chi connectivity index (χ4v) is 4.37. The van der Waals surface area contributed by atoms with Crippen molar-refractivity contribution < 1.29 is 51.6 Å². The number of benzene rings is 1. The van der Waals surface area contributed by atoms with Gasteiger partial charge in [0.2, 0.25) is 0 Å². The lowest BCUT2D eigenvalue weighted by molar-refractivity contribution is -0.173. The zero-order valence-electron chi connectivity index (χ0n) is 22.4. The molecule has 1 aliphatic rings. The number of aromatic nitrogens is 4. The Morgan fingerprint density at radius 2 is 1.68 bits per heavy atom. The smallest absolute Gasteiger partial charge is 0.381 e. The Kier molecular flexibility index (Phi) is 8.56. The summed E-state index contributed by atoms with van der Waals surface area (Å²) in [6, 6.07) is 5.02. The number of halogens is 2. The minimum Gasteiger partial charge on any atom is -0.463 e. The number of carbonyl (C=O) groups is 4. The summed E-state index contributed by atoms with van der Waals surface area (Å²) in [5, 5.41) is 0. The highest BCUT2D eigenvalue weighted by Crippen LogP contribution is 2.38. The van der Waals surface area contributed by atoms with Crippen molar-refractivity contribution in [3.05, 3.63) is 42.5 Å². The van der Waals surface area contributed by atoms with Crippen LogP contribution in [-0.2, 0) is 48.8 Å². The van der Waals surface area contributed by atoms with Crippen LogP contribution < -0.4 is 0 Å². The van der Waals surface area contributed by atoms with Crippen LogP contribution in [0.4, 0.5) is 8.78 Å². The first-order chi connectivity index (χ1) is 19.4. The third-order valence-electron chi connectivity index (χ3n) is 6.00. The van der Waals surface area contributed by atoms with Crippen LogP contribution in [0.5, 0.6) is 0 Å². The summed E-state index contributed by atoms with van der Waals surface area (Å²) in [7, 11) is 0. The van der Waals surface area contributed by atoms with E-state index in [-0.39, 0.29) is 35.6 Å².